The maximum atomic E-state index is 11.3. The highest BCUT2D eigenvalue weighted by molar-refractivity contribution is 5.74. The predicted molar refractivity (Wildman–Crippen MR) is 62.3 cm³/mol. The Morgan fingerprint density at radius 1 is 1.31 bits per heavy atom. The Labute approximate surface area is 96.6 Å². The molecule has 0 radical (unpaired) electrons. The molecule has 2 unspecified atom stereocenters. The van der Waals surface area contributed by atoms with E-state index in [1.54, 1.807) is 6.92 Å². The second kappa shape index (κ2) is 7.96. The minimum atomic E-state index is -0.788. The number of urea groups is 1. The Morgan fingerprint density at radius 3 is 2.44 bits per heavy atom. The highest BCUT2D eigenvalue weighted by Crippen LogP contribution is 2.03. The van der Waals surface area contributed by atoms with Crippen LogP contribution in [0.4, 0.5) is 4.79 Å². The van der Waals surface area contributed by atoms with Crippen LogP contribution in [0, 0.1) is 5.92 Å². The van der Waals surface area contributed by atoms with Crippen LogP contribution >= 0.6 is 0 Å². The zero-order valence-corrected chi connectivity index (χ0v) is 10.2. The fourth-order valence-corrected chi connectivity index (χ4v) is 1.11. The Kier molecular flexibility index (Phi) is 7.33. The molecule has 2 atom stereocenters. The Hall–Kier alpha value is -1.26. The normalized spacial score (nSPS) is 13.9. The zero-order chi connectivity index (χ0) is 12.6. The third kappa shape index (κ3) is 7.09. The third-order valence-corrected chi connectivity index (χ3v) is 2.51. The second-order valence-electron chi connectivity index (χ2n) is 4.09. The molecule has 16 heavy (non-hydrogen) atoms. The van der Waals surface area contributed by atoms with E-state index in [4.69, 9.17) is 5.11 Å². The van der Waals surface area contributed by atoms with Crippen molar-refractivity contribution in [1.29, 1.82) is 0 Å². The quantitative estimate of drug-likeness (QED) is 0.581. The largest absolute Gasteiger partial charge is 0.481 e. The summed E-state index contributed by atoms with van der Waals surface area (Å²) < 4.78 is 0. The fourth-order valence-electron chi connectivity index (χ4n) is 1.11. The van der Waals surface area contributed by atoms with Gasteiger partial charge in [0.2, 0.25) is 0 Å². The van der Waals surface area contributed by atoms with Gasteiger partial charge in [-0.2, -0.15) is 0 Å². The molecule has 0 fully saturated rings. The molecule has 0 saturated carbocycles. The smallest absolute Gasteiger partial charge is 0.314 e. The van der Waals surface area contributed by atoms with Crippen LogP contribution in [0.25, 0.3) is 0 Å². The molecule has 0 bridgehead atoms. The lowest BCUT2D eigenvalue weighted by molar-refractivity contribution is -0.141. The number of nitrogens with one attached hydrogen (secondary N) is 2. The van der Waals surface area contributed by atoms with Gasteiger partial charge < -0.3 is 15.7 Å². The van der Waals surface area contributed by atoms with Gasteiger partial charge in [0.15, 0.2) is 0 Å². The standard InChI is InChI=1S/C11H22N2O3/c1-4-9(3)13-11(16)12-7-5-6-8(2)10(14)15/h8-9H,4-7H2,1-3H3,(H,14,15)(H2,12,13,16). The molecule has 0 aromatic heterocycles. The van der Waals surface area contributed by atoms with E-state index < -0.39 is 5.97 Å². The van der Waals surface area contributed by atoms with Crippen LogP contribution in [-0.4, -0.2) is 29.7 Å². The molecule has 0 aliphatic heterocycles. The summed E-state index contributed by atoms with van der Waals surface area (Å²) >= 11 is 0. The van der Waals surface area contributed by atoms with Gasteiger partial charge in [0.05, 0.1) is 5.92 Å². The van der Waals surface area contributed by atoms with Crippen LogP contribution in [0.15, 0.2) is 0 Å². The fraction of sp³-hybridized carbons (Fsp3) is 0.818. The number of amides is 2. The molecule has 5 nitrogen and oxygen atoms in total. The topological polar surface area (TPSA) is 78.4 Å². The van der Waals surface area contributed by atoms with Gasteiger partial charge in [0.25, 0.3) is 0 Å². The van der Waals surface area contributed by atoms with Gasteiger partial charge in [0, 0.05) is 12.6 Å². The summed E-state index contributed by atoms with van der Waals surface area (Å²) in [7, 11) is 0. The maximum absolute atomic E-state index is 11.3. The first-order valence-electron chi connectivity index (χ1n) is 5.74. The van der Waals surface area contributed by atoms with Crippen molar-refractivity contribution < 1.29 is 14.7 Å². The van der Waals surface area contributed by atoms with E-state index in [9.17, 15) is 9.59 Å². The van der Waals surface area contributed by atoms with Gasteiger partial charge in [-0.3, -0.25) is 4.79 Å². The van der Waals surface area contributed by atoms with E-state index in [1.165, 1.54) is 0 Å². The number of hydrogen-bond donors (Lipinski definition) is 3. The number of carboxylic acids is 1. The van der Waals surface area contributed by atoms with Crippen LogP contribution < -0.4 is 10.6 Å². The average molecular weight is 230 g/mol. The summed E-state index contributed by atoms with van der Waals surface area (Å²) in [6.45, 7) is 6.12. The molecular weight excluding hydrogens is 208 g/mol. The van der Waals surface area contributed by atoms with E-state index in [0.29, 0.717) is 19.4 Å². The lowest BCUT2D eigenvalue weighted by Crippen LogP contribution is -2.40. The number of hydrogen-bond acceptors (Lipinski definition) is 2. The molecule has 2 amide bonds. The minimum absolute atomic E-state index is 0.165. The molecule has 0 aliphatic carbocycles. The Bertz CT molecular complexity index is 231. The van der Waals surface area contributed by atoms with Crippen LogP contribution in [0.3, 0.4) is 0 Å². The zero-order valence-electron chi connectivity index (χ0n) is 10.2. The van der Waals surface area contributed by atoms with E-state index in [2.05, 4.69) is 10.6 Å². The Balaban J connectivity index is 3.52. The summed E-state index contributed by atoms with van der Waals surface area (Å²) in [5.74, 6) is -1.14. The summed E-state index contributed by atoms with van der Waals surface area (Å²) in [4.78, 5) is 21.8. The molecule has 94 valence electrons. The number of aliphatic carboxylic acids is 1. The second-order valence-corrected chi connectivity index (χ2v) is 4.09. The first-order valence-corrected chi connectivity index (χ1v) is 5.74. The summed E-state index contributed by atoms with van der Waals surface area (Å²) in [6, 6.07) is -0.0183. The SMILES string of the molecule is CCC(C)NC(=O)NCCCC(C)C(=O)O. The van der Waals surface area contributed by atoms with Crippen molar-refractivity contribution in [1.82, 2.24) is 10.6 Å². The van der Waals surface area contributed by atoms with Crippen LogP contribution in [-0.2, 0) is 4.79 Å². The summed E-state index contributed by atoms with van der Waals surface area (Å²) in [5.41, 5.74) is 0. The van der Waals surface area contributed by atoms with Gasteiger partial charge >= 0.3 is 12.0 Å². The van der Waals surface area contributed by atoms with Crippen molar-refractivity contribution in [3.05, 3.63) is 0 Å². The van der Waals surface area contributed by atoms with E-state index in [0.717, 1.165) is 6.42 Å². The molecule has 0 heterocycles. The lowest BCUT2D eigenvalue weighted by Gasteiger charge is -2.12. The molecule has 0 spiro atoms. The molecular formula is C11H22N2O3. The van der Waals surface area contributed by atoms with Crippen molar-refractivity contribution in [3.8, 4) is 0 Å². The van der Waals surface area contributed by atoms with Crippen molar-refractivity contribution in [2.75, 3.05) is 6.54 Å². The third-order valence-electron chi connectivity index (χ3n) is 2.51. The number of rotatable bonds is 7. The van der Waals surface area contributed by atoms with Crippen LogP contribution in [0.1, 0.15) is 40.0 Å². The summed E-state index contributed by atoms with van der Waals surface area (Å²) in [6.07, 6.45) is 2.16. The lowest BCUT2D eigenvalue weighted by atomic mass is 10.1. The highest BCUT2D eigenvalue weighted by atomic mass is 16.4. The van der Waals surface area contributed by atoms with Gasteiger partial charge in [-0.1, -0.05) is 13.8 Å². The first kappa shape index (κ1) is 14.7. The number of carboxylic acid groups (broad SMARTS) is 1. The highest BCUT2D eigenvalue weighted by Gasteiger charge is 2.10. The Morgan fingerprint density at radius 2 is 1.94 bits per heavy atom. The number of carbonyl (C=O) groups excluding carboxylic acids is 1. The van der Waals surface area contributed by atoms with Crippen LogP contribution in [0.5, 0.6) is 0 Å². The molecule has 0 saturated heterocycles. The van der Waals surface area contributed by atoms with Gasteiger partial charge in [-0.05, 0) is 26.2 Å². The molecule has 0 aromatic rings. The molecule has 0 aliphatic rings. The van der Waals surface area contributed by atoms with E-state index in [-0.39, 0.29) is 18.0 Å². The van der Waals surface area contributed by atoms with Gasteiger partial charge in [-0.25, -0.2) is 4.79 Å². The van der Waals surface area contributed by atoms with Gasteiger partial charge in [0.1, 0.15) is 0 Å². The van der Waals surface area contributed by atoms with Crippen molar-refractivity contribution in [3.63, 3.8) is 0 Å². The monoisotopic (exact) mass is 230 g/mol. The van der Waals surface area contributed by atoms with E-state index in [1.807, 2.05) is 13.8 Å². The molecule has 3 N–H and O–H groups in total. The molecule has 0 aromatic carbocycles. The van der Waals surface area contributed by atoms with Crippen molar-refractivity contribution in [2.24, 2.45) is 5.92 Å². The van der Waals surface area contributed by atoms with Crippen molar-refractivity contribution in [2.45, 2.75) is 46.1 Å². The first-order chi connectivity index (χ1) is 7.47. The van der Waals surface area contributed by atoms with Gasteiger partial charge in [-0.15, -0.1) is 0 Å². The average Bonchev–Trinajstić information content (AvgIpc) is 2.23. The van der Waals surface area contributed by atoms with Crippen molar-refractivity contribution >= 4 is 12.0 Å². The predicted octanol–water partition coefficient (Wildman–Crippen LogP) is 1.59. The van der Waals surface area contributed by atoms with E-state index >= 15 is 0 Å². The van der Waals surface area contributed by atoms with Crippen LogP contribution in [0.2, 0.25) is 0 Å². The minimum Gasteiger partial charge on any atom is -0.481 e. The summed E-state index contributed by atoms with van der Waals surface area (Å²) in [5, 5.41) is 14.1. The molecule has 0 rings (SSSR count). The maximum Gasteiger partial charge on any atom is 0.314 e. The molecule has 5 heteroatoms. The number of carbonyl (C=O) groups is 2.